The van der Waals surface area contributed by atoms with Gasteiger partial charge in [-0.15, -0.1) is 0 Å². The average molecular weight is 559 g/mol. The van der Waals surface area contributed by atoms with E-state index in [-0.39, 0.29) is 32.1 Å². The van der Waals surface area contributed by atoms with Gasteiger partial charge in [0.2, 0.25) is 24.1 Å². The van der Waals surface area contributed by atoms with Crippen molar-refractivity contribution in [2.45, 2.75) is 52.4 Å². The molecular formula is C28H42F4N4O3. The lowest BCUT2D eigenvalue weighted by Crippen LogP contribution is -2.68. The highest BCUT2D eigenvalue weighted by Crippen LogP contribution is 2.40. The van der Waals surface area contributed by atoms with Crippen LogP contribution in [0.25, 0.3) is 0 Å². The SMILES string of the molecule is C=CC(=O)N1CC(C(=O)N2CCC(C)CC2)(C(F)F)C1.C=CC(=O)N1CC(CN2CCC(C)CC2)(C(F)F)C1. The Morgan fingerprint density at radius 2 is 1.18 bits per heavy atom. The van der Waals surface area contributed by atoms with Crippen molar-refractivity contribution in [3.05, 3.63) is 25.3 Å². The lowest BCUT2D eigenvalue weighted by Gasteiger charge is -2.51. The maximum absolute atomic E-state index is 13.3. The van der Waals surface area contributed by atoms with Crippen LogP contribution in [0.3, 0.4) is 0 Å². The second kappa shape index (κ2) is 12.8. The summed E-state index contributed by atoms with van der Waals surface area (Å²) in [5, 5.41) is 0. The molecule has 4 rings (SSSR count). The molecule has 0 radical (unpaired) electrons. The topological polar surface area (TPSA) is 64.2 Å². The van der Waals surface area contributed by atoms with Crippen LogP contribution in [0.15, 0.2) is 25.3 Å². The van der Waals surface area contributed by atoms with Gasteiger partial charge in [0.25, 0.3) is 6.43 Å². The third-order valence-corrected chi connectivity index (χ3v) is 8.72. The lowest BCUT2D eigenvalue weighted by molar-refractivity contribution is -0.177. The number of halogens is 4. The zero-order valence-corrected chi connectivity index (χ0v) is 23.1. The normalized spacial score (nSPS) is 23.4. The van der Waals surface area contributed by atoms with Crippen molar-refractivity contribution in [2.75, 3.05) is 58.9 Å². The molecule has 0 aromatic heterocycles. The van der Waals surface area contributed by atoms with Gasteiger partial charge in [0.05, 0.1) is 5.41 Å². The van der Waals surface area contributed by atoms with E-state index in [9.17, 15) is 31.9 Å². The van der Waals surface area contributed by atoms with Gasteiger partial charge in [-0.25, -0.2) is 17.6 Å². The van der Waals surface area contributed by atoms with E-state index in [2.05, 4.69) is 31.9 Å². The van der Waals surface area contributed by atoms with Gasteiger partial charge in [-0.05, 0) is 62.8 Å². The van der Waals surface area contributed by atoms with Crippen LogP contribution in [0.5, 0.6) is 0 Å². The molecule has 7 nitrogen and oxygen atoms in total. The fourth-order valence-corrected chi connectivity index (χ4v) is 5.78. The molecule has 0 aromatic rings. The van der Waals surface area contributed by atoms with E-state index >= 15 is 0 Å². The van der Waals surface area contributed by atoms with E-state index < -0.39 is 35.5 Å². The molecule has 220 valence electrons. The molecule has 4 saturated heterocycles. The van der Waals surface area contributed by atoms with Gasteiger partial charge in [0.1, 0.15) is 5.41 Å². The van der Waals surface area contributed by atoms with E-state index in [1.807, 2.05) is 0 Å². The molecule has 4 heterocycles. The maximum Gasteiger partial charge on any atom is 0.256 e. The standard InChI is InChI=1S/C14H20F2N2O2.C14H22F2N2O/c1-3-11(19)18-8-14(9-18,12(15)16)13(20)17-6-4-10(2)5-7-17;1-3-12(19)18-9-14(10-18,13(15)16)8-17-6-4-11(2)5-7-17/h3,10,12H,1,4-9H2,2H3;3,11,13H,1,4-10H2,2H3. The summed E-state index contributed by atoms with van der Waals surface area (Å²) in [6, 6.07) is 0. The third kappa shape index (κ3) is 6.84. The molecule has 11 heteroatoms. The number of nitrogens with zero attached hydrogens (tertiary/aromatic N) is 4. The molecule has 39 heavy (non-hydrogen) atoms. The van der Waals surface area contributed by atoms with Crippen molar-refractivity contribution in [1.82, 2.24) is 19.6 Å². The first kappa shape index (κ1) is 31.1. The number of alkyl halides is 4. The summed E-state index contributed by atoms with van der Waals surface area (Å²) in [5.74, 6) is 0.0677. The predicted molar refractivity (Wildman–Crippen MR) is 140 cm³/mol. The first-order chi connectivity index (χ1) is 18.4. The summed E-state index contributed by atoms with van der Waals surface area (Å²) in [5.41, 5.74) is -2.74. The number of carbonyl (C=O) groups is 3. The number of hydrogen-bond acceptors (Lipinski definition) is 4. The zero-order chi connectivity index (χ0) is 29.0. The highest BCUT2D eigenvalue weighted by molar-refractivity contribution is 5.92. The summed E-state index contributed by atoms with van der Waals surface area (Å²) in [7, 11) is 0. The molecule has 0 atom stereocenters. The number of rotatable bonds is 7. The van der Waals surface area contributed by atoms with Gasteiger partial charge in [-0.3, -0.25) is 14.4 Å². The molecule has 3 amide bonds. The Balaban J connectivity index is 0.000000216. The van der Waals surface area contributed by atoms with Crippen molar-refractivity contribution in [3.63, 3.8) is 0 Å². The number of amides is 3. The molecule has 4 aliphatic rings. The van der Waals surface area contributed by atoms with Gasteiger partial charge in [0, 0.05) is 45.8 Å². The van der Waals surface area contributed by atoms with E-state index in [1.165, 1.54) is 20.8 Å². The fourth-order valence-electron chi connectivity index (χ4n) is 5.78. The van der Waals surface area contributed by atoms with Crippen LogP contribution in [-0.2, 0) is 14.4 Å². The van der Waals surface area contributed by atoms with Crippen molar-refractivity contribution < 1.29 is 31.9 Å². The van der Waals surface area contributed by atoms with Gasteiger partial charge < -0.3 is 19.6 Å². The van der Waals surface area contributed by atoms with Gasteiger partial charge in [-0.1, -0.05) is 27.0 Å². The Kier molecular flexibility index (Phi) is 10.2. The number of piperidine rings is 2. The second-order valence-corrected chi connectivity index (χ2v) is 11.9. The van der Waals surface area contributed by atoms with Crippen LogP contribution >= 0.6 is 0 Å². The average Bonchev–Trinajstić information content (AvgIpc) is 2.86. The fraction of sp³-hybridized carbons (Fsp3) is 0.750. The highest BCUT2D eigenvalue weighted by Gasteiger charge is 2.58. The largest absolute Gasteiger partial charge is 0.342 e. The predicted octanol–water partition coefficient (Wildman–Crippen LogP) is 3.52. The third-order valence-electron chi connectivity index (χ3n) is 8.72. The molecule has 4 fully saturated rings. The summed E-state index contributed by atoms with van der Waals surface area (Å²) in [6.07, 6.45) is 1.01. The molecule has 0 spiro atoms. The molecule has 0 saturated carbocycles. The van der Waals surface area contributed by atoms with Crippen LogP contribution in [0.1, 0.15) is 39.5 Å². The van der Waals surface area contributed by atoms with E-state index in [0.717, 1.165) is 44.8 Å². The van der Waals surface area contributed by atoms with Gasteiger partial charge in [0.15, 0.2) is 0 Å². The Morgan fingerprint density at radius 3 is 1.59 bits per heavy atom. The summed E-state index contributed by atoms with van der Waals surface area (Å²) in [6.45, 7) is 14.2. The summed E-state index contributed by atoms with van der Waals surface area (Å²) < 4.78 is 53.3. The Hall–Kier alpha value is -2.43. The molecule has 4 aliphatic heterocycles. The van der Waals surface area contributed by atoms with Crippen molar-refractivity contribution >= 4 is 17.7 Å². The maximum atomic E-state index is 13.3. The minimum Gasteiger partial charge on any atom is -0.342 e. The minimum atomic E-state index is -2.75. The molecule has 0 aliphatic carbocycles. The lowest BCUT2D eigenvalue weighted by atomic mass is 9.77. The number of likely N-dealkylation sites (tertiary alicyclic amines) is 4. The molecular weight excluding hydrogens is 516 g/mol. The summed E-state index contributed by atoms with van der Waals surface area (Å²) >= 11 is 0. The first-order valence-corrected chi connectivity index (χ1v) is 13.8. The smallest absolute Gasteiger partial charge is 0.256 e. The van der Waals surface area contributed by atoms with E-state index in [0.29, 0.717) is 31.5 Å². The first-order valence-electron chi connectivity index (χ1n) is 13.8. The van der Waals surface area contributed by atoms with Crippen LogP contribution in [-0.4, -0.2) is 109 Å². The van der Waals surface area contributed by atoms with Gasteiger partial charge in [-0.2, -0.15) is 0 Å². The van der Waals surface area contributed by atoms with Crippen LogP contribution in [0, 0.1) is 22.7 Å². The monoisotopic (exact) mass is 558 g/mol. The molecule has 0 bridgehead atoms. The number of hydrogen-bond donors (Lipinski definition) is 0. The Bertz CT molecular complexity index is 902. The van der Waals surface area contributed by atoms with E-state index in [1.54, 1.807) is 0 Å². The minimum absolute atomic E-state index is 0.154. The van der Waals surface area contributed by atoms with E-state index in [4.69, 9.17) is 0 Å². The van der Waals surface area contributed by atoms with Crippen molar-refractivity contribution in [3.8, 4) is 0 Å². The Morgan fingerprint density at radius 1 is 0.744 bits per heavy atom. The van der Waals surface area contributed by atoms with Crippen LogP contribution in [0.4, 0.5) is 17.6 Å². The van der Waals surface area contributed by atoms with Crippen molar-refractivity contribution in [2.24, 2.45) is 22.7 Å². The van der Waals surface area contributed by atoms with Crippen LogP contribution < -0.4 is 0 Å². The van der Waals surface area contributed by atoms with Crippen molar-refractivity contribution in [1.29, 1.82) is 0 Å². The molecule has 0 unspecified atom stereocenters. The quantitative estimate of drug-likeness (QED) is 0.355. The summed E-state index contributed by atoms with van der Waals surface area (Å²) in [4.78, 5) is 41.5. The number of carbonyl (C=O) groups excluding carboxylic acids is 3. The Labute approximate surface area is 228 Å². The highest BCUT2D eigenvalue weighted by atomic mass is 19.3. The molecule has 0 aromatic carbocycles. The van der Waals surface area contributed by atoms with Gasteiger partial charge >= 0.3 is 0 Å². The second-order valence-electron chi connectivity index (χ2n) is 11.9. The zero-order valence-electron chi connectivity index (χ0n) is 23.1. The van der Waals surface area contributed by atoms with Crippen LogP contribution in [0.2, 0.25) is 0 Å². The molecule has 0 N–H and O–H groups in total.